The van der Waals surface area contributed by atoms with Crippen molar-refractivity contribution < 1.29 is 33.5 Å². The van der Waals surface area contributed by atoms with Crippen LogP contribution in [0.5, 0.6) is 0 Å². The van der Waals surface area contributed by atoms with Crippen LogP contribution in [0.2, 0.25) is 0 Å². The normalized spacial score (nSPS) is 12.2. The summed E-state index contributed by atoms with van der Waals surface area (Å²) < 4.78 is 4.71. The van der Waals surface area contributed by atoms with E-state index in [-0.39, 0.29) is 50.6 Å². The third-order valence-corrected chi connectivity index (χ3v) is 6.62. The predicted octanol–water partition coefficient (Wildman–Crippen LogP) is 1.74. The first kappa shape index (κ1) is 36.7. The molecule has 2 aromatic rings. The lowest BCUT2D eigenvalue weighted by atomic mass is 10.0. The van der Waals surface area contributed by atoms with Gasteiger partial charge in [-0.1, -0.05) is 42.5 Å². The van der Waals surface area contributed by atoms with E-state index in [1.54, 1.807) is 24.3 Å². The highest BCUT2D eigenvalue weighted by Gasteiger charge is 2.28. The molecule has 0 radical (unpaired) electrons. The van der Waals surface area contributed by atoms with Crippen LogP contribution in [0.4, 0.5) is 0 Å². The maximum atomic E-state index is 13.5. The second-order valence-electron chi connectivity index (χ2n) is 11.3. The van der Waals surface area contributed by atoms with E-state index in [1.165, 1.54) is 7.11 Å². The molecule has 5 amide bonds. The Morgan fingerprint density at radius 1 is 0.756 bits per heavy atom. The minimum Gasteiger partial charge on any atom is -0.465 e. The molecule has 0 aliphatic carbocycles. The fraction of sp³-hybridized carbons (Fsp3) is 0.438. The monoisotopic (exact) mass is 643 g/mol. The van der Waals surface area contributed by atoms with E-state index in [0.717, 1.165) is 11.1 Å². The molecule has 0 unspecified atom stereocenters. The van der Waals surface area contributed by atoms with E-state index in [9.17, 15) is 28.8 Å². The van der Waals surface area contributed by atoms with Crippen LogP contribution in [0, 0.1) is 0 Å². The van der Waals surface area contributed by atoms with Crippen LogP contribution >= 0.6 is 11.6 Å². The molecule has 244 valence electrons. The number of nitrogens with one attached hydrogen (secondary N) is 5. The molecule has 0 heterocycles. The number of ether oxygens (including phenoxy) is 1. The van der Waals surface area contributed by atoms with Gasteiger partial charge >= 0.3 is 5.97 Å². The first-order chi connectivity index (χ1) is 21.3. The Balaban J connectivity index is 2.18. The van der Waals surface area contributed by atoms with Crippen molar-refractivity contribution in [3.05, 3.63) is 71.3 Å². The highest BCUT2D eigenvalue weighted by molar-refractivity contribution is 6.27. The van der Waals surface area contributed by atoms with Crippen LogP contribution in [-0.4, -0.2) is 72.7 Å². The standard InChI is InChI=1S/C32H42ClN5O7/c1-32(2,3)38-27(40)15-14-24(36-26(39)16-17-34-28(41)19-33)30(43)37-25(18-21-8-6-5-7-9-21)29(42)35-20-22-10-12-23(13-11-22)31(44)45-4/h5-13,24-25H,14-20H2,1-4H3,(H,34,41)(H,35,42)(H,36,39)(H,37,43)(H,38,40)/t24-,25-/m0/s1. The lowest BCUT2D eigenvalue weighted by molar-refractivity contribution is -0.133. The van der Waals surface area contributed by atoms with Crippen LogP contribution in [0.15, 0.2) is 54.6 Å². The van der Waals surface area contributed by atoms with Crippen molar-refractivity contribution in [3.8, 4) is 0 Å². The smallest absolute Gasteiger partial charge is 0.337 e. The van der Waals surface area contributed by atoms with E-state index < -0.39 is 47.2 Å². The molecule has 45 heavy (non-hydrogen) atoms. The average molecular weight is 644 g/mol. The number of alkyl halides is 1. The van der Waals surface area contributed by atoms with Crippen molar-refractivity contribution in [2.45, 2.75) is 70.6 Å². The number of benzene rings is 2. The summed E-state index contributed by atoms with van der Waals surface area (Å²) in [5.74, 6) is -3.11. The Morgan fingerprint density at radius 2 is 1.42 bits per heavy atom. The Bertz CT molecular complexity index is 1310. The number of halogens is 1. The molecule has 0 aliphatic rings. The number of hydrogen-bond donors (Lipinski definition) is 5. The number of hydrogen-bond acceptors (Lipinski definition) is 7. The molecule has 0 spiro atoms. The molecule has 13 heteroatoms. The molecule has 0 bridgehead atoms. The molecule has 2 atom stereocenters. The summed E-state index contributed by atoms with van der Waals surface area (Å²) in [5.41, 5.74) is 1.39. The van der Waals surface area contributed by atoms with Gasteiger partial charge in [0.25, 0.3) is 0 Å². The number of amides is 5. The summed E-state index contributed by atoms with van der Waals surface area (Å²) in [6.07, 6.45) is -0.0475. The van der Waals surface area contributed by atoms with Crippen molar-refractivity contribution in [1.82, 2.24) is 26.6 Å². The summed E-state index contributed by atoms with van der Waals surface area (Å²) in [6, 6.07) is 13.5. The topological polar surface area (TPSA) is 172 Å². The molecule has 0 aromatic heterocycles. The van der Waals surface area contributed by atoms with E-state index in [2.05, 4.69) is 26.6 Å². The summed E-state index contributed by atoms with van der Waals surface area (Å²) >= 11 is 5.47. The lowest BCUT2D eigenvalue weighted by Gasteiger charge is -2.24. The lowest BCUT2D eigenvalue weighted by Crippen LogP contribution is -2.54. The number of methoxy groups -OCH3 is 1. The third-order valence-electron chi connectivity index (χ3n) is 6.38. The van der Waals surface area contributed by atoms with Crippen molar-refractivity contribution >= 4 is 47.1 Å². The van der Waals surface area contributed by atoms with Crippen LogP contribution in [-0.2, 0) is 41.7 Å². The van der Waals surface area contributed by atoms with Crippen molar-refractivity contribution in [2.24, 2.45) is 0 Å². The number of rotatable bonds is 16. The SMILES string of the molecule is COC(=O)c1ccc(CNC(=O)[C@H](Cc2ccccc2)NC(=O)[C@H](CCC(=O)NC(C)(C)C)NC(=O)CCNC(=O)CCl)cc1. The Hall–Kier alpha value is -4.45. The van der Waals surface area contributed by atoms with E-state index in [1.807, 2.05) is 51.1 Å². The van der Waals surface area contributed by atoms with Crippen LogP contribution in [0.25, 0.3) is 0 Å². The fourth-order valence-electron chi connectivity index (χ4n) is 4.17. The Labute approximate surface area is 268 Å². The molecule has 0 fully saturated rings. The maximum Gasteiger partial charge on any atom is 0.337 e. The molecular weight excluding hydrogens is 602 g/mol. The van der Waals surface area contributed by atoms with Gasteiger partial charge in [0.1, 0.15) is 18.0 Å². The van der Waals surface area contributed by atoms with Crippen LogP contribution < -0.4 is 26.6 Å². The van der Waals surface area contributed by atoms with E-state index in [4.69, 9.17) is 16.3 Å². The zero-order valence-corrected chi connectivity index (χ0v) is 26.8. The second-order valence-corrected chi connectivity index (χ2v) is 11.6. The van der Waals surface area contributed by atoms with Gasteiger partial charge in [-0.15, -0.1) is 11.6 Å². The van der Waals surface area contributed by atoms with Crippen LogP contribution in [0.1, 0.15) is 61.5 Å². The minimum absolute atomic E-state index is 0.00980. The van der Waals surface area contributed by atoms with E-state index >= 15 is 0 Å². The van der Waals surface area contributed by atoms with Gasteiger partial charge in [-0.3, -0.25) is 24.0 Å². The summed E-state index contributed by atoms with van der Waals surface area (Å²) in [5, 5.41) is 13.5. The summed E-state index contributed by atoms with van der Waals surface area (Å²) in [6.45, 7) is 5.61. The third kappa shape index (κ3) is 14.3. The van der Waals surface area contributed by atoms with Crippen molar-refractivity contribution in [2.75, 3.05) is 19.5 Å². The molecule has 0 saturated carbocycles. The number of carbonyl (C=O) groups excluding carboxylic acids is 6. The highest BCUT2D eigenvalue weighted by Crippen LogP contribution is 2.09. The van der Waals surface area contributed by atoms with Gasteiger partial charge in [-0.2, -0.15) is 0 Å². The van der Waals surface area contributed by atoms with Gasteiger partial charge in [-0.25, -0.2) is 4.79 Å². The Kier molecular flexibility index (Phi) is 15.0. The van der Waals surface area contributed by atoms with Gasteiger partial charge in [0.05, 0.1) is 12.7 Å². The first-order valence-electron chi connectivity index (χ1n) is 14.5. The molecule has 0 saturated heterocycles. The molecular formula is C32H42ClN5O7. The zero-order chi connectivity index (χ0) is 33.4. The van der Waals surface area contributed by atoms with Crippen LogP contribution in [0.3, 0.4) is 0 Å². The molecule has 0 aliphatic heterocycles. The summed E-state index contributed by atoms with van der Waals surface area (Å²) in [4.78, 5) is 75.2. The predicted molar refractivity (Wildman–Crippen MR) is 169 cm³/mol. The molecule has 12 nitrogen and oxygen atoms in total. The van der Waals surface area contributed by atoms with E-state index in [0.29, 0.717) is 5.56 Å². The fourth-order valence-corrected chi connectivity index (χ4v) is 4.27. The van der Waals surface area contributed by atoms with Gasteiger partial charge in [-0.05, 0) is 50.5 Å². The minimum atomic E-state index is -1.14. The molecule has 2 rings (SSSR count). The van der Waals surface area contributed by atoms with Crippen molar-refractivity contribution in [3.63, 3.8) is 0 Å². The summed E-state index contributed by atoms with van der Waals surface area (Å²) in [7, 11) is 1.29. The largest absolute Gasteiger partial charge is 0.465 e. The van der Waals surface area contributed by atoms with Gasteiger partial charge in [0.15, 0.2) is 0 Å². The molecule has 2 aromatic carbocycles. The number of carbonyl (C=O) groups is 6. The number of esters is 1. The second kappa shape index (κ2) is 18.4. The molecule has 5 N–H and O–H groups in total. The maximum absolute atomic E-state index is 13.5. The van der Waals surface area contributed by atoms with Crippen molar-refractivity contribution in [1.29, 1.82) is 0 Å². The Morgan fingerprint density at radius 3 is 2.02 bits per heavy atom. The van der Waals surface area contributed by atoms with Gasteiger partial charge < -0.3 is 31.3 Å². The van der Waals surface area contributed by atoms with Gasteiger partial charge in [0.2, 0.25) is 29.5 Å². The zero-order valence-electron chi connectivity index (χ0n) is 26.0. The quantitative estimate of drug-likeness (QED) is 0.137. The average Bonchev–Trinajstić information content (AvgIpc) is 3.00. The first-order valence-corrected chi connectivity index (χ1v) is 15.1. The van der Waals surface area contributed by atoms with Gasteiger partial charge in [0, 0.05) is 37.9 Å². The highest BCUT2D eigenvalue weighted by atomic mass is 35.5.